The van der Waals surface area contributed by atoms with Crippen LogP contribution in [0.15, 0.2) is 18.2 Å². The van der Waals surface area contributed by atoms with Crippen LogP contribution in [0.25, 0.3) is 0 Å². The van der Waals surface area contributed by atoms with E-state index in [0.29, 0.717) is 6.04 Å². The van der Waals surface area contributed by atoms with Crippen LogP contribution in [0.1, 0.15) is 29.5 Å². The lowest BCUT2D eigenvalue weighted by atomic mass is 9.80. The molecule has 0 heterocycles. The minimum absolute atomic E-state index is 0.474. The van der Waals surface area contributed by atoms with E-state index in [1.807, 2.05) is 0 Å². The molecular formula is C16H26N2. The molecule has 1 fully saturated rings. The van der Waals surface area contributed by atoms with E-state index in [-0.39, 0.29) is 0 Å². The van der Waals surface area contributed by atoms with Crippen LogP contribution in [0.5, 0.6) is 0 Å². The Bertz CT molecular complexity index is 394. The van der Waals surface area contributed by atoms with Gasteiger partial charge in [-0.2, -0.15) is 0 Å². The zero-order valence-electron chi connectivity index (χ0n) is 11.9. The molecule has 2 rings (SSSR count). The zero-order chi connectivity index (χ0) is 13.1. The number of hydrogen-bond acceptors (Lipinski definition) is 2. The summed E-state index contributed by atoms with van der Waals surface area (Å²) in [7, 11) is 2.23. The molecule has 1 aliphatic carbocycles. The fourth-order valence-electron chi connectivity index (χ4n) is 2.85. The van der Waals surface area contributed by atoms with E-state index in [4.69, 9.17) is 5.73 Å². The molecule has 1 aromatic carbocycles. The minimum atomic E-state index is 0.474. The standard InChI is InChI=1S/C16H26N2/c1-12-4-5-13(2)15(8-12)6-7-18(3)11-14-9-16(17)10-14/h4-5,8,14,16H,6-7,9-11,17H2,1-3H3. The van der Waals surface area contributed by atoms with E-state index in [1.54, 1.807) is 0 Å². The van der Waals surface area contributed by atoms with Gasteiger partial charge in [0.2, 0.25) is 0 Å². The normalized spacial score (nSPS) is 23.2. The lowest BCUT2D eigenvalue weighted by Crippen LogP contribution is -2.42. The van der Waals surface area contributed by atoms with Gasteiger partial charge in [0.15, 0.2) is 0 Å². The first-order valence-corrected chi connectivity index (χ1v) is 7.05. The van der Waals surface area contributed by atoms with Gasteiger partial charge in [-0.3, -0.25) is 0 Å². The number of hydrogen-bond donors (Lipinski definition) is 1. The first-order valence-electron chi connectivity index (χ1n) is 7.05. The molecule has 0 bridgehead atoms. The number of aryl methyl sites for hydroxylation is 2. The highest BCUT2D eigenvalue weighted by molar-refractivity contribution is 5.30. The number of nitrogens with zero attached hydrogens (tertiary/aromatic N) is 1. The van der Waals surface area contributed by atoms with E-state index in [1.165, 1.54) is 36.1 Å². The Balaban J connectivity index is 1.78. The summed E-state index contributed by atoms with van der Waals surface area (Å²) in [5, 5.41) is 0. The molecular weight excluding hydrogens is 220 g/mol. The van der Waals surface area contributed by atoms with Gasteiger partial charge in [-0.05, 0) is 57.2 Å². The van der Waals surface area contributed by atoms with E-state index < -0.39 is 0 Å². The number of benzene rings is 1. The van der Waals surface area contributed by atoms with Crippen molar-refractivity contribution in [2.45, 2.75) is 39.2 Å². The summed E-state index contributed by atoms with van der Waals surface area (Å²) in [4.78, 5) is 2.46. The number of nitrogens with two attached hydrogens (primary N) is 1. The Morgan fingerprint density at radius 1 is 1.28 bits per heavy atom. The predicted molar refractivity (Wildman–Crippen MR) is 77.8 cm³/mol. The van der Waals surface area contributed by atoms with Gasteiger partial charge in [-0.25, -0.2) is 0 Å². The highest BCUT2D eigenvalue weighted by Gasteiger charge is 2.26. The van der Waals surface area contributed by atoms with E-state index in [0.717, 1.165) is 18.9 Å². The summed E-state index contributed by atoms with van der Waals surface area (Å²) in [5.74, 6) is 0.837. The molecule has 1 saturated carbocycles. The maximum atomic E-state index is 5.83. The topological polar surface area (TPSA) is 29.3 Å². The van der Waals surface area contributed by atoms with Gasteiger partial charge in [0.1, 0.15) is 0 Å². The molecule has 0 unspecified atom stereocenters. The van der Waals surface area contributed by atoms with Crippen molar-refractivity contribution in [1.82, 2.24) is 4.90 Å². The van der Waals surface area contributed by atoms with Gasteiger partial charge in [0.05, 0.1) is 0 Å². The molecule has 0 amide bonds. The van der Waals surface area contributed by atoms with Gasteiger partial charge in [-0.15, -0.1) is 0 Å². The summed E-state index contributed by atoms with van der Waals surface area (Å²) in [6, 6.07) is 7.22. The fraction of sp³-hybridized carbons (Fsp3) is 0.625. The van der Waals surface area contributed by atoms with Crippen LogP contribution >= 0.6 is 0 Å². The van der Waals surface area contributed by atoms with Crippen molar-refractivity contribution in [3.63, 3.8) is 0 Å². The smallest absolute Gasteiger partial charge is 0.00450 e. The summed E-state index contributed by atoms with van der Waals surface area (Å²) in [6.07, 6.45) is 3.59. The van der Waals surface area contributed by atoms with Gasteiger partial charge in [0, 0.05) is 19.1 Å². The lowest BCUT2D eigenvalue weighted by molar-refractivity contribution is 0.183. The molecule has 0 atom stereocenters. The Morgan fingerprint density at radius 2 is 2.00 bits per heavy atom. The molecule has 0 radical (unpaired) electrons. The molecule has 2 heteroatoms. The average Bonchev–Trinajstić information content (AvgIpc) is 2.28. The van der Waals surface area contributed by atoms with Crippen LogP contribution in [0.3, 0.4) is 0 Å². The van der Waals surface area contributed by atoms with Crippen molar-refractivity contribution in [1.29, 1.82) is 0 Å². The largest absolute Gasteiger partial charge is 0.328 e. The Kier molecular flexibility index (Phi) is 4.41. The van der Waals surface area contributed by atoms with Crippen LogP contribution in [0.4, 0.5) is 0 Å². The number of likely N-dealkylation sites (N-methyl/N-ethyl adjacent to an activating group) is 1. The zero-order valence-corrected chi connectivity index (χ0v) is 11.9. The summed E-state index contributed by atoms with van der Waals surface area (Å²) >= 11 is 0. The second-order valence-corrected chi connectivity index (χ2v) is 6.04. The van der Waals surface area contributed by atoms with E-state index in [9.17, 15) is 0 Å². The monoisotopic (exact) mass is 246 g/mol. The molecule has 0 aliphatic heterocycles. The van der Waals surface area contributed by atoms with E-state index >= 15 is 0 Å². The first kappa shape index (κ1) is 13.6. The van der Waals surface area contributed by atoms with Crippen molar-refractivity contribution in [3.05, 3.63) is 34.9 Å². The second kappa shape index (κ2) is 5.85. The first-order chi connectivity index (χ1) is 8.54. The third-order valence-corrected chi connectivity index (χ3v) is 4.11. The van der Waals surface area contributed by atoms with Crippen LogP contribution in [-0.4, -0.2) is 31.1 Å². The maximum absolute atomic E-state index is 5.83. The third kappa shape index (κ3) is 3.56. The Morgan fingerprint density at radius 3 is 2.67 bits per heavy atom. The van der Waals surface area contributed by atoms with Gasteiger partial charge < -0.3 is 10.6 Å². The highest BCUT2D eigenvalue weighted by Crippen LogP contribution is 2.26. The van der Waals surface area contributed by atoms with Crippen molar-refractivity contribution >= 4 is 0 Å². The molecule has 0 saturated heterocycles. The fourth-order valence-corrected chi connectivity index (χ4v) is 2.85. The average molecular weight is 246 g/mol. The second-order valence-electron chi connectivity index (χ2n) is 6.04. The third-order valence-electron chi connectivity index (χ3n) is 4.11. The summed E-state index contributed by atoms with van der Waals surface area (Å²) < 4.78 is 0. The van der Waals surface area contributed by atoms with E-state index in [2.05, 4.69) is 44.0 Å². The van der Waals surface area contributed by atoms with Gasteiger partial charge in [-0.1, -0.05) is 23.8 Å². The molecule has 1 aliphatic rings. The van der Waals surface area contributed by atoms with Crippen LogP contribution in [0.2, 0.25) is 0 Å². The molecule has 18 heavy (non-hydrogen) atoms. The van der Waals surface area contributed by atoms with Crippen LogP contribution in [-0.2, 0) is 6.42 Å². The molecule has 100 valence electrons. The molecule has 0 aromatic heterocycles. The predicted octanol–water partition coefficient (Wildman–Crippen LogP) is 2.52. The summed E-state index contributed by atoms with van der Waals surface area (Å²) in [5.41, 5.74) is 10.1. The molecule has 2 N–H and O–H groups in total. The lowest BCUT2D eigenvalue weighted by Gasteiger charge is -2.35. The Labute approximate surface area is 111 Å². The highest BCUT2D eigenvalue weighted by atomic mass is 15.1. The van der Waals surface area contributed by atoms with Crippen molar-refractivity contribution in [3.8, 4) is 0 Å². The maximum Gasteiger partial charge on any atom is 0.00450 e. The van der Waals surface area contributed by atoms with Crippen molar-refractivity contribution < 1.29 is 0 Å². The Hall–Kier alpha value is -0.860. The van der Waals surface area contributed by atoms with Crippen LogP contribution in [0, 0.1) is 19.8 Å². The summed E-state index contributed by atoms with van der Waals surface area (Å²) in [6.45, 7) is 6.73. The van der Waals surface area contributed by atoms with Crippen LogP contribution < -0.4 is 5.73 Å². The molecule has 1 aromatic rings. The van der Waals surface area contributed by atoms with Gasteiger partial charge >= 0.3 is 0 Å². The quantitative estimate of drug-likeness (QED) is 0.865. The number of rotatable bonds is 5. The molecule has 0 spiro atoms. The van der Waals surface area contributed by atoms with Gasteiger partial charge in [0.25, 0.3) is 0 Å². The molecule has 2 nitrogen and oxygen atoms in total. The van der Waals surface area contributed by atoms with Crippen molar-refractivity contribution in [2.24, 2.45) is 11.7 Å². The SMILES string of the molecule is Cc1ccc(C)c(CCN(C)CC2CC(N)C2)c1. The minimum Gasteiger partial charge on any atom is -0.328 e. The van der Waals surface area contributed by atoms with Crippen molar-refractivity contribution in [2.75, 3.05) is 20.1 Å².